The Balaban J connectivity index is 0.00000180. The number of halogens is 2. The van der Waals surface area contributed by atoms with Gasteiger partial charge in [-0.1, -0.05) is 23.7 Å². The Labute approximate surface area is 129 Å². The van der Waals surface area contributed by atoms with Crippen LogP contribution in [-0.4, -0.2) is 35.7 Å². The quantitative estimate of drug-likeness (QED) is 0.871. The minimum atomic E-state index is 0. The second-order valence-corrected chi connectivity index (χ2v) is 5.89. The van der Waals surface area contributed by atoms with Crippen LogP contribution in [0.4, 0.5) is 0 Å². The molecule has 0 radical (unpaired) electrons. The van der Waals surface area contributed by atoms with Crippen LogP contribution in [0.1, 0.15) is 12.8 Å². The van der Waals surface area contributed by atoms with Gasteiger partial charge >= 0.3 is 0 Å². The highest BCUT2D eigenvalue weighted by Crippen LogP contribution is 2.26. The molecule has 1 fully saturated rings. The first kappa shape index (κ1) is 16.6. The first-order valence-electron chi connectivity index (χ1n) is 6.07. The molecule has 106 valence electrons. The van der Waals surface area contributed by atoms with E-state index in [1.807, 2.05) is 29.2 Å². The van der Waals surface area contributed by atoms with Gasteiger partial charge in [-0.05, 0) is 25.0 Å². The van der Waals surface area contributed by atoms with Crippen LogP contribution >= 0.6 is 35.8 Å². The van der Waals surface area contributed by atoms with E-state index in [0.717, 1.165) is 24.3 Å². The molecule has 3 nitrogen and oxygen atoms in total. The Morgan fingerprint density at radius 3 is 2.89 bits per heavy atom. The molecule has 0 aromatic heterocycles. The first-order chi connectivity index (χ1) is 8.66. The molecule has 1 amide bonds. The van der Waals surface area contributed by atoms with Crippen LogP contribution in [0.25, 0.3) is 0 Å². The van der Waals surface area contributed by atoms with E-state index < -0.39 is 0 Å². The highest BCUT2D eigenvalue weighted by molar-refractivity contribution is 8.00. The van der Waals surface area contributed by atoms with Crippen LogP contribution in [-0.2, 0) is 4.79 Å². The number of nitrogens with two attached hydrogens (primary N) is 1. The molecule has 1 aliphatic rings. The highest BCUT2D eigenvalue weighted by Gasteiger charge is 2.21. The van der Waals surface area contributed by atoms with E-state index >= 15 is 0 Å². The van der Waals surface area contributed by atoms with Crippen LogP contribution < -0.4 is 5.73 Å². The zero-order valence-corrected chi connectivity index (χ0v) is 12.9. The van der Waals surface area contributed by atoms with Gasteiger partial charge in [-0.3, -0.25) is 4.79 Å². The SMILES string of the molecule is Cl.NC1CCCN(C(=O)CSc2ccccc2Cl)C1. The third-order valence-electron chi connectivity index (χ3n) is 3.00. The number of hydrogen-bond donors (Lipinski definition) is 1. The van der Waals surface area contributed by atoms with Gasteiger partial charge in [0.15, 0.2) is 0 Å². The lowest BCUT2D eigenvalue weighted by Gasteiger charge is -2.30. The molecule has 0 bridgehead atoms. The summed E-state index contributed by atoms with van der Waals surface area (Å²) < 4.78 is 0. The topological polar surface area (TPSA) is 46.3 Å². The van der Waals surface area contributed by atoms with Gasteiger partial charge < -0.3 is 10.6 Å². The van der Waals surface area contributed by atoms with E-state index in [2.05, 4.69) is 0 Å². The predicted molar refractivity (Wildman–Crippen MR) is 83.2 cm³/mol. The van der Waals surface area contributed by atoms with Crippen molar-refractivity contribution in [3.8, 4) is 0 Å². The number of amides is 1. The average Bonchev–Trinajstić information content (AvgIpc) is 2.37. The minimum absolute atomic E-state index is 0. The fourth-order valence-electron chi connectivity index (χ4n) is 2.03. The molecule has 2 rings (SSSR count). The molecule has 0 saturated carbocycles. The molecule has 1 unspecified atom stereocenters. The predicted octanol–water partition coefficient (Wildman–Crippen LogP) is 2.80. The van der Waals surface area contributed by atoms with Gasteiger partial charge in [0, 0.05) is 24.0 Å². The van der Waals surface area contributed by atoms with Gasteiger partial charge in [0.25, 0.3) is 0 Å². The fraction of sp³-hybridized carbons (Fsp3) is 0.462. The van der Waals surface area contributed by atoms with Crippen molar-refractivity contribution < 1.29 is 4.79 Å². The number of benzene rings is 1. The summed E-state index contributed by atoms with van der Waals surface area (Å²) in [7, 11) is 0. The Morgan fingerprint density at radius 2 is 2.21 bits per heavy atom. The maximum Gasteiger partial charge on any atom is 0.232 e. The van der Waals surface area contributed by atoms with Crippen molar-refractivity contribution in [1.82, 2.24) is 4.90 Å². The van der Waals surface area contributed by atoms with Crippen molar-refractivity contribution in [2.24, 2.45) is 5.73 Å². The monoisotopic (exact) mass is 320 g/mol. The van der Waals surface area contributed by atoms with Crippen LogP contribution in [0.5, 0.6) is 0 Å². The Kier molecular flexibility index (Phi) is 7.00. The van der Waals surface area contributed by atoms with Gasteiger partial charge in [0.05, 0.1) is 10.8 Å². The van der Waals surface area contributed by atoms with Crippen molar-refractivity contribution in [2.75, 3.05) is 18.8 Å². The van der Waals surface area contributed by atoms with Crippen LogP contribution in [0, 0.1) is 0 Å². The van der Waals surface area contributed by atoms with Gasteiger partial charge in [0.1, 0.15) is 0 Å². The summed E-state index contributed by atoms with van der Waals surface area (Å²) in [6.45, 7) is 1.51. The lowest BCUT2D eigenvalue weighted by molar-refractivity contribution is -0.129. The number of carbonyl (C=O) groups is 1. The number of nitrogens with zero attached hydrogens (tertiary/aromatic N) is 1. The second kappa shape index (κ2) is 8.00. The number of carbonyl (C=O) groups excluding carboxylic acids is 1. The van der Waals surface area contributed by atoms with E-state index in [-0.39, 0.29) is 24.4 Å². The maximum atomic E-state index is 12.0. The average molecular weight is 321 g/mol. The van der Waals surface area contributed by atoms with Crippen LogP contribution in [0.3, 0.4) is 0 Å². The van der Waals surface area contributed by atoms with Gasteiger partial charge in [-0.25, -0.2) is 0 Å². The van der Waals surface area contributed by atoms with Gasteiger partial charge in [0.2, 0.25) is 5.91 Å². The summed E-state index contributed by atoms with van der Waals surface area (Å²) in [5.74, 6) is 0.575. The summed E-state index contributed by atoms with van der Waals surface area (Å²) >= 11 is 7.54. The van der Waals surface area contributed by atoms with Crippen LogP contribution in [0.2, 0.25) is 5.02 Å². The molecule has 1 heterocycles. The molecule has 1 aromatic rings. The molecular formula is C13H18Cl2N2OS. The normalized spacial score (nSPS) is 18.8. The molecule has 2 N–H and O–H groups in total. The lowest BCUT2D eigenvalue weighted by Crippen LogP contribution is -2.46. The molecule has 6 heteroatoms. The molecule has 0 aliphatic carbocycles. The summed E-state index contributed by atoms with van der Waals surface area (Å²) in [5, 5.41) is 0.700. The van der Waals surface area contributed by atoms with E-state index in [1.54, 1.807) is 0 Å². The molecule has 1 aliphatic heterocycles. The number of hydrogen-bond acceptors (Lipinski definition) is 3. The number of rotatable bonds is 3. The summed E-state index contributed by atoms with van der Waals surface area (Å²) in [5.41, 5.74) is 5.87. The van der Waals surface area contributed by atoms with Gasteiger partial charge in [-0.15, -0.1) is 24.2 Å². The Morgan fingerprint density at radius 1 is 1.47 bits per heavy atom. The number of piperidine rings is 1. The molecule has 1 saturated heterocycles. The Hall–Kier alpha value is -0.420. The number of likely N-dealkylation sites (tertiary alicyclic amines) is 1. The van der Waals surface area contributed by atoms with Crippen molar-refractivity contribution in [3.05, 3.63) is 29.3 Å². The third-order valence-corrected chi connectivity index (χ3v) is 4.50. The smallest absolute Gasteiger partial charge is 0.232 e. The zero-order valence-electron chi connectivity index (χ0n) is 10.5. The van der Waals surface area contributed by atoms with Crippen molar-refractivity contribution in [1.29, 1.82) is 0 Å². The third kappa shape index (κ3) is 4.88. The van der Waals surface area contributed by atoms with Gasteiger partial charge in [-0.2, -0.15) is 0 Å². The number of thioether (sulfide) groups is 1. The van der Waals surface area contributed by atoms with Crippen LogP contribution in [0.15, 0.2) is 29.2 Å². The van der Waals surface area contributed by atoms with E-state index in [1.165, 1.54) is 11.8 Å². The molecule has 0 spiro atoms. The van der Waals surface area contributed by atoms with Crippen molar-refractivity contribution in [3.63, 3.8) is 0 Å². The van der Waals surface area contributed by atoms with E-state index in [0.29, 0.717) is 17.3 Å². The summed E-state index contributed by atoms with van der Waals surface area (Å²) in [6, 6.07) is 7.72. The fourth-order valence-corrected chi connectivity index (χ4v) is 3.17. The largest absolute Gasteiger partial charge is 0.340 e. The standard InChI is InChI=1S/C13H17ClN2OS.ClH/c14-11-5-1-2-6-12(11)18-9-13(17)16-7-3-4-10(15)8-16;/h1-2,5-6,10H,3-4,7-9,15H2;1H. The van der Waals surface area contributed by atoms with Crippen molar-refractivity contribution >= 4 is 41.7 Å². The first-order valence-corrected chi connectivity index (χ1v) is 7.44. The summed E-state index contributed by atoms with van der Waals surface area (Å²) in [6.07, 6.45) is 2.02. The summed E-state index contributed by atoms with van der Waals surface area (Å²) in [4.78, 5) is 14.8. The van der Waals surface area contributed by atoms with E-state index in [9.17, 15) is 4.79 Å². The molecule has 19 heavy (non-hydrogen) atoms. The molecule has 1 aromatic carbocycles. The van der Waals surface area contributed by atoms with E-state index in [4.69, 9.17) is 17.3 Å². The lowest BCUT2D eigenvalue weighted by atomic mass is 10.1. The molecule has 1 atom stereocenters. The molecular weight excluding hydrogens is 303 g/mol. The highest BCUT2D eigenvalue weighted by atomic mass is 35.5. The second-order valence-electron chi connectivity index (χ2n) is 4.46. The zero-order chi connectivity index (χ0) is 13.0. The maximum absolute atomic E-state index is 12.0. The Bertz CT molecular complexity index is 431. The van der Waals surface area contributed by atoms with Crippen molar-refractivity contribution in [2.45, 2.75) is 23.8 Å². The minimum Gasteiger partial charge on any atom is -0.340 e.